The van der Waals surface area contributed by atoms with Crippen molar-refractivity contribution in [1.82, 2.24) is 5.32 Å². The summed E-state index contributed by atoms with van der Waals surface area (Å²) in [6.07, 6.45) is 0.420. The molecule has 0 spiro atoms. The molecule has 0 saturated carbocycles. The fourth-order valence-corrected chi connectivity index (χ4v) is 2.10. The Morgan fingerprint density at radius 3 is 3.17 bits per heavy atom. The highest BCUT2D eigenvalue weighted by Gasteiger charge is 2.22. The maximum Gasteiger partial charge on any atom is 0.307 e. The predicted molar refractivity (Wildman–Crippen MR) is 68.8 cm³/mol. The smallest absolute Gasteiger partial charge is 0.307 e. The molecule has 0 aliphatic carbocycles. The van der Waals surface area contributed by atoms with Crippen molar-refractivity contribution in [2.45, 2.75) is 19.3 Å². The van der Waals surface area contributed by atoms with Gasteiger partial charge in [0.05, 0.1) is 19.6 Å². The molecule has 1 unspecified atom stereocenters. The molecule has 0 bridgehead atoms. The van der Waals surface area contributed by atoms with Crippen molar-refractivity contribution in [3.8, 4) is 5.75 Å². The number of carbonyl (C=O) groups is 1. The Morgan fingerprint density at radius 2 is 2.33 bits per heavy atom. The molecule has 0 radical (unpaired) electrons. The number of hydrogen-bond acceptors (Lipinski definition) is 4. The quantitative estimate of drug-likeness (QED) is 0.616. The van der Waals surface area contributed by atoms with Crippen molar-refractivity contribution in [3.63, 3.8) is 0 Å². The third kappa shape index (κ3) is 3.23. The number of para-hydroxylation sites is 1. The van der Waals surface area contributed by atoms with Crippen LogP contribution in [0.25, 0.3) is 0 Å². The normalized spacial score (nSPS) is 17.1. The molecule has 1 aliphatic rings. The van der Waals surface area contributed by atoms with Crippen LogP contribution in [0, 0.1) is 0 Å². The molecule has 1 N–H and O–H groups in total. The molecule has 1 heterocycles. The summed E-state index contributed by atoms with van der Waals surface area (Å²) in [7, 11) is 0. The zero-order chi connectivity index (χ0) is 12.8. The Bertz CT molecular complexity index is 406. The van der Waals surface area contributed by atoms with E-state index in [-0.39, 0.29) is 5.97 Å². The van der Waals surface area contributed by atoms with E-state index in [2.05, 4.69) is 11.4 Å². The molecule has 4 heteroatoms. The molecule has 2 rings (SSSR count). The first-order valence-corrected chi connectivity index (χ1v) is 6.39. The van der Waals surface area contributed by atoms with Crippen molar-refractivity contribution in [1.29, 1.82) is 0 Å². The van der Waals surface area contributed by atoms with Crippen LogP contribution in [-0.2, 0) is 9.53 Å². The highest BCUT2D eigenvalue weighted by atomic mass is 16.5. The maximum absolute atomic E-state index is 11.2. The molecule has 1 aromatic rings. The summed E-state index contributed by atoms with van der Waals surface area (Å²) >= 11 is 0. The van der Waals surface area contributed by atoms with Gasteiger partial charge in [-0.25, -0.2) is 0 Å². The monoisotopic (exact) mass is 249 g/mol. The van der Waals surface area contributed by atoms with Crippen LogP contribution in [0.4, 0.5) is 0 Å². The largest absolute Gasteiger partial charge is 0.493 e. The fraction of sp³-hybridized carbons (Fsp3) is 0.500. The van der Waals surface area contributed by atoms with Gasteiger partial charge in [-0.05, 0) is 13.0 Å². The Hall–Kier alpha value is -1.55. The average molecular weight is 249 g/mol. The van der Waals surface area contributed by atoms with E-state index >= 15 is 0 Å². The third-order valence-corrected chi connectivity index (χ3v) is 3.00. The van der Waals surface area contributed by atoms with E-state index in [0.717, 1.165) is 12.3 Å². The molecule has 98 valence electrons. The lowest BCUT2D eigenvalue weighted by atomic mass is 10.0. The minimum Gasteiger partial charge on any atom is -0.493 e. The van der Waals surface area contributed by atoms with Gasteiger partial charge in [0, 0.05) is 24.6 Å². The van der Waals surface area contributed by atoms with Crippen molar-refractivity contribution >= 4 is 5.97 Å². The van der Waals surface area contributed by atoms with E-state index in [4.69, 9.17) is 9.47 Å². The van der Waals surface area contributed by atoms with Gasteiger partial charge in [-0.2, -0.15) is 0 Å². The summed E-state index contributed by atoms with van der Waals surface area (Å²) in [4.78, 5) is 11.2. The molecular formula is C14H19NO3. The van der Waals surface area contributed by atoms with E-state index in [1.54, 1.807) is 0 Å². The number of fused-ring (bicyclic) bond motifs is 1. The summed E-state index contributed by atoms with van der Waals surface area (Å²) in [6, 6.07) is 8.10. The number of hydrogen-bond donors (Lipinski definition) is 1. The number of ether oxygens (including phenoxy) is 2. The molecule has 1 aromatic carbocycles. The van der Waals surface area contributed by atoms with Gasteiger partial charge in [0.15, 0.2) is 0 Å². The molecule has 1 aliphatic heterocycles. The zero-order valence-corrected chi connectivity index (χ0v) is 10.6. The van der Waals surface area contributed by atoms with Crippen LogP contribution in [0.5, 0.6) is 5.75 Å². The second-order valence-electron chi connectivity index (χ2n) is 4.30. The SMILES string of the molecule is CCOC(=O)CCNCC1COc2ccccc21. The van der Waals surface area contributed by atoms with Crippen LogP contribution < -0.4 is 10.1 Å². The summed E-state index contributed by atoms with van der Waals surface area (Å²) in [6.45, 7) is 4.46. The topological polar surface area (TPSA) is 47.6 Å². The van der Waals surface area contributed by atoms with Crippen LogP contribution >= 0.6 is 0 Å². The first-order chi connectivity index (χ1) is 8.81. The fourth-order valence-electron chi connectivity index (χ4n) is 2.10. The lowest BCUT2D eigenvalue weighted by molar-refractivity contribution is -0.142. The minimum absolute atomic E-state index is 0.145. The minimum atomic E-state index is -0.145. The molecular weight excluding hydrogens is 230 g/mol. The van der Waals surface area contributed by atoms with Gasteiger partial charge in [-0.1, -0.05) is 18.2 Å². The van der Waals surface area contributed by atoms with E-state index in [1.807, 2.05) is 25.1 Å². The first-order valence-electron chi connectivity index (χ1n) is 6.39. The number of carbonyl (C=O) groups excluding carboxylic acids is 1. The summed E-state index contributed by atoms with van der Waals surface area (Å²) in [5.74, 6) is 1.21. The lowest BCUT2D eigenvalue weighted by Gasteiger charge is -2.10. The van der Waals surface area contributed by atoms with Gasteiger partial charge in [-0.3, -0.25) is 4.79 Å². The molecule has 18 heavy (non-hydrogen) atoms. The zero-order valence-electron chi connectivity index (χ0n) is 10.6. The van der Waals surface area contributed by atoms with Gasteiger partial charge in [-0.15, -0.1) is 0 Å². The molecule has 0 amide bonds. The van der Waals surface area contributed by atoms with Crippen LogP contribution in [0.2, 0.25) is 0 Å². The maximum atomic E-state index is 11.2. The summed E-state index contributed by atoms with van der Waals surface area (Å²) in [5.41, 5.74) is 1.25. The van der Waals surface area contributed by atoms with Crippen LogP contribution in [0.1, 0.15) is 24.8 Å². The van der Waals surface area contributed by atoms with E-state index in [1.165, 1.54) is 5.56 Å². The highest BCUT2D eigenvalue weighted by Crippen LogP contribution is 2.32. The third-order valence-electron chi connectivity index (χ3n) is 3.00. The Kier molecular flexibility index (Phi) is 4.59. The van der Waals surface area contributed by atoms with E-state index in [9.17, 15) is 4.79 Å². The van der Waals surface area contributed by atoms with Gasteiger partial charge in [0.2, 0.25) is 0 Å². The number of benzene rings is 1. The summed E-state index contributed by atoms with van der Waals surface area (Å²) in [5, 5.41) is 3.28. The molecule has 0 aromatic heterocycles. The van der Waals surface area contributed by atoms with Crippen molar-refractivity contribution in [2.75, 3.05) is 26.3 Å². The van der Waals surface area contributed by atoms with Gasteiger partial charge in [0.25, 0.3) is 0 Å². The first kappa shape index (κ1) is 12.9. The Labute approximate surface area is 107 Å². The molecule has 1 atom stereocenters. The van der Waals surface area contributed by atoms with Crippen molar-refractivity contribution < 1.29 is 14.3 Å². The van der Waals surface area contributed by atoms with Gasteiger partial charge in [0.1, 0.15) is 5.75 Å². The van der Waals surface area contributed by atoms with E-state index < -0.39 is 0 Å². The second kappa shape index (κ2) is 6.40. The molecule has 0 saturated heterocycles. The second-order valence-corrected chi connectivity index (χ2v) is 4.30. The standard InChI is InChI=1S/C14H19NO3/c1-2-17-14(16)7-8-15-9-11-10-18-13-6-4-3-5-12(11)13/h3-6,11,15H,2,7-10H2,1H3. The molecule has 0 fully saturated rings. The van der Waals surface area contributed by atoms with Gasteiger partial charge >= 0.3 is 5.97 Å². The highest BCUT2D eigenvalue weighted by molar-refractivity contribution is 5.69. The van der Waals surface area contributed by atoms with Crippen LogP contribution in [-0.4, -0.2) is 32.3 Å². The van der Waals surface area contributed by atoms with Crippen LogP contribution in [0.3, 0.4) is 0 Å². The van der Waals surface area contributed by atoms with Crippen molar-refractivity contribution in [3.05, 3.63) is 29.8 Å². The molecule has 4 nitrogen and oxygen atoms in total. The number of rotatable bonds is 6. The Morgan fingerprint density at radius 1 is 1.50 bits per heavy atom. The van der Waals surface area contributed by atoms with Crippen LogP contribution in [0.15, 0.2) is 24.3 Å². The lowest BCUT2D eigenvalue weighted by Crippen LogP contribution is -2.25. The van der Waals surface area contributed by atoms with Gasteiger partial charge < -0.3 is 14.8 Å². The van der Waals surface area contributed by atoms with E-state index in [0.29, 0.717) is 32.1 Å². The average Bonchev–Trinajstić information content (AvgIpc) is 2.78. The Balaban J connectivity index is 1.71. The summed E-state index contributed by atoms with van der Waals surface area (Å²) < 4.78 is 10.5. The predicted octanol–water partition coefficient (Wildman–Crippen LogP) is 1.71. The van der Waals surface area contributed by atoms with Crippen molar-refractivity contribution in [2.24, 2.45) is 0 Å². The number of nitrogens with one attached hydrogen (secondary N) is 1. The number of esters is 1.